The van der Waals surface area contributed by atoms with E-state index in [1.165, 1.54) is 0 Å². The van der Waals surface area contributed by atoms with E-state index < -0.39 is 0 Å². The summed E-state index contributed by atoms with van der Waals surface area (Å²) in [6, 6.07) is 3.78. The molecule has 2 aromatic heterocycles. The van der Waals surface area contributed by atoms with Crippen LogP contribution in [0.3, 0.4) is 0 Å². The predicted octanol–water partition coefficient (Wildman–Crippen LogP) is 3.92. The summed E-state index contributed by atoms with van der Waals surface area (Å²) in [5.74, 6) is 1.94. The fraction of sp³-hybridized carbons (Fsp3) is 0.444. The van der Waals surface area contributed by atoms with Crippen LogP contribution in [0.15, 0.2) is 27.2 Å². The lowest BCUT2D eigenvalue weighted by atomic mass is 10.2. The summed E-state index contributed by atoms with van der Waals surface area (Å²) in [4.78, 5) is 19.2. The maximum atomic E-state index is 12.5. The molecule has 2 atom stereocenters. The van der Waals surface area contributed by atoms with Crippen LogP contribution in [0.25, 0.3) is 0 Å². The van der Waals surface area contributed by atoms with E-state index in [0.29, 0.717) is 27.2 Å². The van der Waals surface area contributed by atoms with Gasteiger partial charge in [0.1, 0.15) is 17.3 Å². The molecule has 1 saturated heterocycles. The van der Waals surface area contributed by atoms with Crippen LogP contribution in [0.1, 0.15) is 35.7 Å². The van der Waals surface area contributed by atoms with E-state index in [-0.39, 0.29) is 18.1 Å². The van der Waals surface area contributed by atoms with Crippen molar-refractivity contribution in [3.63, 3.8) is 0 Å². The van der Waals surface area contributed by atoms with Crippen molar-refractivity contribution >= 4 is 33.3 Å². The van der Waals surface area contributed by atoms with E-state index in [1.807, 2.05) is 19.1 Å². The number of anilines is 2. The van der Waals surface area contributed by atoms with Crippen LogP contribution >= 0.6 is 15.9 Å². The van der Waals surface area contributed by atoms with Crippen LogP contribution in [-0.4, -0.2) is 36.2 Å². The van der Waals surface area contributed by atoms with Crippen LogP contribution in [0.2, 0.25) is 0 Å². The Balaban J connectivity index is 1.71. The van der Waals surface area contributed by atoms with Gasteiger partial charge in [-0.2, -0.15) is 0 Å². The molecular formula is C18H22BrN3O3. The summed E-state index contributed by atoms with van der Waals surface area (Å²) in [5, 5.41) is 2.87. The third-order valence-corrected chi connectivity index (χ3v) is 5.12. The molecule has 1 fully saturated rings. The number of halogens is 1. The second-order valence-electron chi connectivity index (χ2n) is 6.42. The topological polar surface area (TPSA) is 67.6 Å². The number of nitrogens with zero attached hydrogens (tertiary/aromatic N) is 2. The first-order valence-corrected chi connectivity index (χ1v) is 9.07. The minimum absolute atomic E-state index is 0.176. The Morgan fingerprint density at radius 1 is 1.24 bits per heavy atom. The van der Waals surface area contributed by atoms with Gasteiger partial charge in [-0.15, -0.1) is 0 Å². The number of pyridine rings is 1. The maximum Gasteiger partial charge on any atom is 0.260 e. The molecule has 1 N–H and O–H groups in total. The Labute approximate surface area is 155 Å². The monoisotopic (exact) mass is 407 g/mol. The van der Waals surface area contributed by atoms with Gasteiger partial charge in [0, 0.05) is 13.1 Å². The van der Waals surface area contributed by atoms with Gasteiger partial charge in [0.05, 0.1) is 34.1 Å². The van der Waals surface area contributed by atoms with Crippen LogP contribution in [0.4, 0.5) is 11.5 Å². The Morgan fingerprint density at radius 3 is 2.44 bits per heavy atom. The molecule has 1 aliphatic heterocycles. The molecule has 3 rings (SSSR count). The summed E-state index contributed by atoms with van der Waals surface area (Å²) in [5.41, 5.74) is 1.16. The van der Waals surface area contributed by atoms with Gasteiger partial charge < -0.3 is 19.4 Å². The third-order valence-electron chi connectivity index (χ3n) is 4.16. The van der Waals surface area contributed by atoms with Crippen molar-refractivity contribution in [3.05, 3.63) is 39.9 Å². The van der Waals surface area contributed by atoms with Crippen LogP contribution < -0.4 is 10.2 Å². The van der Waals surface area contributed by atoms with E-state index in [0.717, 1.165) is 18.9 Å². The van der Waals surface area contributed by atoms with Gasteiger partial charge in [-0.1, -0.05) is 0 Å². The van der Waals surface area contributed by atoms with Crippen molar-refractivity contribution in [2.45, 2.75) is 39.9 Å². The lowest BCUT2D eigenvalue weighted by Crippen LogP contribution is -2.45. The van der Waals surface area contributed by atoms with Gasteiger partial charge >= 0.3 is 0 Å². The predicted molar refractivity (Wildman–Crippen MR) is 100 cm³/mol. The van der Waals surface area contributed by atoms with Crippen molar-refractivity contribution in [3.8, 4) is 0 Å². The Morgan fingerprint density at radius 2 is 1.92 bits per heavy atom. The highest BCUT2D eigenvalue weighted by Crippen LogP contribution is 2.28. The Kier molecular flexibility index (Phi) is 5.15. The highest BCUT2D eigenvalue weighted by Gasteiger charge is 2.23. The zero-order valence-electron chi connectivity index (χ0n) is 14.8. The number of rotatable bonds is 3. The minimum Gasteiger partial charge on any atom is -0.465 e. The quantitative estimate of drug-likeness (QED) is 0.834. The standard InChI is InChI=1S/C18H22BrN3O3/c1-10-8-22(9-11(2)24-10)15-6-5-14(7-20-15)21-18(23)16-12(3)25-13(4)17(16)19/h5-7,10-11H,8-9H2,1-4H3,(H,21,23). The van der Waals surface area contributed by atoms with Crippen molar-refractivity contribution < 1.29 is 13.9 Å². The lowest BCUT2D eigenvalue weighted by Gasteiger charge is -2.36. The van der Waals surface area contributed by atoms with Gasteiger partial charge in [0.15, 0.2) is 0 Å². The number of furan rings is 1. The van der Waals surface area contributed by atoms with Crippen molar-refractivity contribution in [1.29, 1.82) is 0 Å². The molecule has 2 unspecified atom stereocenters. The van der Waals surface area contributed by atoms with Gasteiger partial charge in [-0.3, -0.25) is 4.79 Å². The van der Waals surface area contributed by atoms with E-state index in [9.17, 15) is 4.79 Å². The largest absolute Gasteiger partial charge is 0.465 e. The second-order valence-corrected chi connectivity index (χ2v) is 7.22. The van der Waals surface area contributed by atoms with Crippen LogP contribution in [-0.2, 0) is 4.74 Å². The molecule has 25 heavy (non-hydrogen) atoms. The molecule has 6 nitrogen and oxygen atoms in total. The zero-order chi connectivity index (χ0) is 18.1. The van der Waals surface area contributed by atoms with Crippen LogP contribution in [0.5, 0.6) is 0 Å². The third kappa shape index (κ3) is 3.88. The molecule has 3 heterocycles. The highest BCUT2D eigenvalue weighted by molar-refractivity contribution is 9.10. The van der Waals surface area contributed by atoms with Crippen LogP contribution in [0, 0.1) is 13.8 Å². The number of hydrogen-bond donors (Lipinski definition) is 1. The van der Waals surface area contributed by atoms with Crippen molar-refractivity contribution in [2.24, 2.45) is 0 Å². The molecule has 2 aromatic rings. The summed E-state index contributed by atoms with van der Waals surface area (Å²) in [6.07, 6.45) is 2.03. The number of aryl methyl sites for hydroxylation is 2. The average molecular weight is 408 g/mol. The Bertz CT molecular complexity index is 763. The fourth-order valence-corrected chi connectivity index (χ4v) is 3.66. The van der Waals surface area contributed by atoms with Gasteiger partial charge in [-0.05, 0) is 55.8 Å². The first kappa shape index (κ1) is 17.9. The van der Waals surface area contributed by atoms with Gasteiger partial charge in [0.2, 0.25) is 0 Å². The number of nitrogens with one attached hydrogen (secondary N) is 1. The molecule has 0 aromatic carbocycles. The number of carbonyl (C=O) groups excluding carboxylic acids is 1. The summed E-state index contributed by atoms with van der Waals surface area (Å²) >= 11 is 3.40. The van der Waals surface area contributed by atoms with E-state index in [2.05, 4.69) is 45.0 Å². The smallest absolute Gasteiger partial charge is 0.260 e. The second kappa shape index (κ2) is 7.17. The molecule has 0 bridgehead atoms. The first-order valence-electron chi connectivity index (χ1n) is 8.28. The molecule has 0 spiro atoms. The van der Waals surface area contributed by atoms with E-state index in [1.54, 1.807) is 13.1 Å². The molecule has 0 aliphatic carbocycles. The minimum atomic E-state index is -0.218. The zero-order valence-corrected chi connectivity index (χ0v) is 16.4. The summed E-state index contributed by atoms with van der Waals surface area (Å²) < 4.78 is 11.9. The number of aromatic nitrogens is 1. The molecule has 0 radical (unpaired) electrons. The molecule has 0 saturated carbocycles. The molecule has 134 valence electrons. The fourth-order valence-electron chi connectivity index (χ4n) is 3.12. The number of carbonyl (C=O) groups is 1. The SMILES string of the molecule is Cc1oc(C)c(C(=O)Nc2ccc(N3CC(C)OC(C)C3)nc2)c1Br. The molecule has 1 aliphatic rings. The molecule has 7 heteroatoms. The average Bonchev–Trinajstić information content (AvgIpc) is 2.79. The summed E-state index contributed by atoms with van der Waals surface area (Å²) in [6.45, 7) is 9.32. The molecular weight excluding hydrogens is 386 g/mol. The summed E-state index contributed by atoms with van der Waals surface area (Å²) in [7, 11) is 0. The molecule has 1 amide bonds. The van der Waals surface area contributed by atoms with E-state index >= 15 is 0 Å². The number of hydrogen-bond acceptors (Lipinski definition) is 5. The lowest BCUT2D eigenvalue weighted by molar-refractivity contribution is -0.00545. The van der Waals surface area contributed by atoms with Gasteiger partial charge in [0.25, 0.3) is 5.91 Å². The van der Waals surface area contributed by atoms with Crippen molar-refractivity contribution in [1.82, 2.24) is 4.98 Å². The maximum absolute atomic E-state index is 12.5. The number of ether oxygens (including phenoxy) is 1. The number of amides is 1. The highest BCUT2D eigenvalue weighted by atomic mass is 79.9. The first-order chi connectivity index (χ1) is 11.8. The van der Waals surface area contributed by atoms with Gasteiger partial charge in [-0.25, -0.2) is 4.98 Å². The number of morpholine rings is 1. The van der Waals surface area contributed by atoms with Crippen molar-refractivity contribution in [2.75, 3.05) is 23.3 Å². The van der Waals surface area contributed by atoms with E-state index in [4.69, 9.17) is 9.15 Å². The normalized spacial score (nSPS) is 20.6. The Hall–Kier alpha value is -1.86.